The Balaban J connectivity index is 1.23. The molecule has 3 aromatic heterocycles. The zero-order valence-electron chi connectivity index (χ0n) is 26.7. The summed E-state index contributed by atoms with van der Waals surface area (Å²) < 4.78 is 14.2. The first-order chi connectivity index (χ1) is 23.3. The Morgan fingerprint density at radius 3 is 2.00 bits per heavy atom. The average molecular weight is 805 g/mol. The standard InChI is InChI=1S/C41H31N5O.Pt/c1-41(2,3)29-20-21-43-40(23-29)46-36-15-5-4-14-34(36)35-19-18-33(25-39(35)46)47-32-13-9-12-31(24-32)45-27-44(37-16-6-7-17-38(37)45)30-11-8-10-28(22-30)26-42;/h4-25H,1-3H3;. The van der Waals surface area contributed by atoms with Crippen LogP contribution in [0.2, 0.25) is 0 Å². The molecule has 0 saturated heterocycles. The van der Waals surface area contributed by atoms with Gasteiger partial charge in [0, 0.05) is 6.20 Å². The SMILES string of the molecule is CC(C)(C)c1ccnc(-n2c3ccccc3c3ccc(Oc4cccc(-n5[c](=[Pt])n(-c6cccc(C#N)c6)c6ccccc65)c4)cc32)c1. The molecule has 0 bridgehead atoms. The van der Waals surface area contributed by atoms with E-state index in [9.17, 15) is 5.26 Å². The Morgan fingerprint density at radius 2 is 1.27 bits per heavy atom. The summed E-state index contributed by atoms with van der Waals surface area (Å²) in [6, 6.07) is 45.5. The van der Waals surface area contributed by atoms with Gasteiger partial charge in [0.15, 0.2) is 0 Å². The molecule has 6 nitrogen and oxygen atoms in total. The van der Waals surface area contributed by atoms with E-state index in [1.807, 2.05) is 60.8 Å². The van der Waals surface area contributed by atoms with Gasteiger partial charge in [-0.2, -0.15) is 0 Å². The van der Waals surface area contributed by atoms with Crippen LogP contribution in [-0.2, 0) is 24.8 Å². The van der Waals surface area contributed by atoms with Crippen molar-refractivity contribution in [1.82, 2.24) is 18.7 Å². The quantitative estimate of drug-likeness (QED) is 0.174. The van der Waals surface area contributed by atoms with Crippen LogP contribution in [-0.4, -0.2) is 18.7 Å². The first-order valence-corrected chi connectivity index (χ1v) is 16.9. The number of hydrogen-bond donors (Lipinski definition) is 0. The van der Waals surface area contributed by atoms with Crippen molar-refractivity contribution in [2.75, 3.05) is 0 Å². The Kier molecular flexibility index (Phi) is 7.24. The molecule has 0 spiro atoms. The van der Waals surface area contributed by atoms with Gasteiger partial charge in [-0.05, 0) is 17.0 Å². The molecule has 236 valence electrons. The fraction of sp³-hybridized carbons (Fsp3) is 0.0976. The molecule has 48 heavy (non-hydrogen) atoms. The third-order valence-corrected chi connectivity index (χ3v) is 9.75. The number of benzene rings is 5. The molecule has 0 atom stereocenters. The number of aromatic nitrogens is 4. The van der Waals surface area contributed by atoms with Crippen molar-refractivity contribution in [3.8, 4) is 34.8 Å². The first kappa shape index (κ1) is 29.9. The van der Waals surface area contributed by atoms with Crippen molar-refractivity contribution in [1.29, 1.82) is 5.26 Å². The topological polar surface area (TPSA) is 60.7 Å². The van der Waals surface area contributed by atoms with Gasteiger partial charge in [-0.15, -0.1) is 0 Å². The number of rotatable bonds is 5. The molecular weight excluding hydrogens is 774 g/mol. The summed E-state index contributed by atoms with van der Waals surface area (Å²) in [4.78, 5) is 4.82. The Bertz CT molecular complexity index is 2630. The minimum atomic E-state index is -0.00141. The molecule has 0 N–H and O–H groups in total. The number of pyridine rings is 1. The second-order valence-electron chi connectivity index (χ2n) is 12.8. The zero-order chi connectivity index (χ0) is 33.0. The molecule has 0 aliphatic rings. The van der Waals surface area contributed by atoms with Crippen molar-refractivity contribution in [2.45, 2.75) is 26.2 Å². The molecule has 0 radical (unpaired) electrons. The summed E-state index contributed by atoms with van der Waals surface area (Å²) in [5, 5.41) is 11.9. The van der Waals surface area contributed by atoms with Crippen molar-refractivity contribution in [3.63, 3.8) is 0 Å². The van der Waals surface area contributed by atoms with Gasteiger partial charge in [-0.1, -0.05) is 32.9 Å². The van der Waals surface area contributed by atoms with Crippen molar-refractivity contribution in [3.05, 3.63) is 149 Å². The van der Waals surface area contributed by atoms with Crippen LogP contribution in [0.15, 0.2) is 134 Å². The normalized spacial score (nSPS) is 11.8. The third kappa shape index (κ3) is 5.08. The summed E-state index contributed by atoms with van der Waals surface area (Å²) in [6.07, 6.45) is 1.90. The molecule has 0 amide bonds. The molecule has 0 unspecified atom stereocenters. The summed E-state index contributed by atoms with van der Waals surface area (Å²) in [7, 11) is 0. The van der Waals surface area contributed by atoms with Gasteiger partial charge in [0.05, 0.1) is 0 Å². The number of nitriles is 1. The van der Waals surface area contributed by atoms with Crippen LogP contribution in [0, 0.1) is 15.1 Å². The monoisotopic (exact) mass is 804 g/mol. The molecular formula is C41H31N5OPt. The first-order valence-electron chi connectivity index (χ1n) is 15.8. The van der Waals surface area contributed by atoms with Gasteiger partial charge >= 0.3 is 234 Å². The minimum absolute atomic E-state index is 0.00141. The van der Waals surface area contributed by atoms with Gasteiger partial charge in [0.2, 0.25) is 0 Å². The number of para-hydroxylation sites is 3. The van der Waals surface area contributed by atoms with E-state index in [0.29, 0.717) is 5.56 Å². The maximum absolute atomic E-state index is 9.55. The number of imidazole rings is 1. The number of nitrogens with zero attached hydrogens (tertiary/aromatic N) is 5. The molecule has 0 aliphatic carbocycles. The fourth-order valence-corrected chi connectivity index (χ4v) is 7.54. The summed E-state index contributed by atoms with van der Waals surface area (Å²) in [5.41, 5.74) is 8.01. The third-order valence-electron chi connectivity index (χ3n) is 8.74. The molecule has 8 rings (SSSR count). The summed E-state index contributed by atoms with van der Waals surface area (Å²) in [6.45, 7) is 6.67. The van der Waals surface area contributed by atoms with Crippen LogP contribution in [0.1, 0.15) is 31.9 Å². The van der Waals surface area contributed by atoms with E-state index in [2.05, 4.69) is 133 Å². The van der Waals surface area contributed by atoms with Crippen LogP contribution in [0.25, 0.3) is 50.0 Å². The summed E-state index contributed by atoms with van der Waals surface area (Å²) in [5.74, 6) is 2.36. The maximum atomic E-state index is 9.55. The summed E-state index contributed by atoms with van der Waals surface area (Å²) >= 11 is 2.36. The van der Waals surface area contributed by atoms with Crippen LogP contribution in [0.4, 0.5) is 0 Å². The van der Waals surface area contributed by atoms with Crippen LogP contribution in [0.3, 0.4) is 0 Å². The molecule has 3 heterocycles. The van der Waals surface area contributed by atoms with E-state index >= 15 is 0 Å². The van der Waals surface area contributed by atoms with E-state index in [1.54, 1.807) is 0 Å². The van der Waals surface area contributed by atoms with Crippen LogP contribution in [0.5, 0.6) is 11.5 Å². The van der Waals surface area contributed by atoms with Gasteiger partial charge < -0.3 is 0 Å². The molecule has 0 saturated carbocycles. The predicted molar refractivity (Wildman–Crippen MR) is 188 cm³/mol. The predicted octanol–water partition coefficient (Wildman–Crippen LogP) is 9.95. The number of hydrogen-bond acceptors (Lipinski definition) is 3. The second kappa shape index (κ2) is 11.6. The van der Waals surface area contributed by atoms with Crippen LogP contribution < -0.4 is 4.74 Å². The zero-order valence-corrected chi connectivity index (χ0v) is 28.9. The van der Waals surface area contributed by atoms with E-state index < -0.39 is 0 Å². The molecule has 7 heteroatoms. The molecule has 5 aromatic carbocycles. The number of ether oxygens (including phenoxy) is 1. The fourth-order valence-electron chi connectivity index (χ4n) is 6.41. The van der Waals surface area contributed by atoms with E-state index in [4.69, 9.17) is 9.72 Å². The van der Waals surface area contributed by atoms with Gasteiger partial charge in [0.1, 0.15) is 0 Å². The molecule has 0 aliphatic heterocycles. The van der Waals surface area contributed by atoms with Gasteiger partial charge in [-0.3, -0.25) is 0 Å². The Morgan fingerprint density at radius 1 is 0.625 bits per heavy atom. The Labute approximate surface area is 289 Å². The number of fused-ring (bicyclic) bond motifs is 4. The van der Waals surface area contributed by atoms with E-state index in [1.165, 1.54) is 10.9 Å². The van der Waals surface area contributed by atoms with E-state index in [-0.39, 0.29) is 5.41 Å². The van der Waals surface area contributed by atoms with Crippen molar-refractivity contribution >= 4 is 32.8 Å². The Hall–Kier alpha value is -5.50. The van der Waals surface area contributed by atoms with Crippen LogP contribution >= 0.6 is 0 Å². The van der Waals surface area contributed by atoms with E-state index in [0.717, 1.165) is 59.9 Å². The average Bonchev–Trinajstić information content (AvgIpc) is 3.59. The van der Waals surface area contributed by atoms with Crippen molar-refractivity contribution in [2.24, 2.45) is 0 Å². The second-order valence-corrected chi connectivity index (χ2v) is 13.9. The van der Waals surface area contributed by atoms with Gasteiger partial charge in [0.25, 0.3) is 0 Å². The van der Waals surface area contributed by atoms with Crippen molar-refractivity contribution < 1.29 is 24.1 Å². The molecule has 8 aromatic rings. The molecule has 0 fully saturated rings. The van der Waals surface area contributed by atoms with Gasteiger partial charge in [-0.25, -0.2) is 0 Å².